The second kappa shape index (κ2) is 8.35. The molecule has 1 aliphatic heterocycles. The van der Waals surface area contributed by atoms with Gasteiger partial charge in [0.2, 0.25) is 0 Å². The minimum atomic E-state index is -0.528. The molecule has 3 aromatic heterocycles. The van der Waals surface area contributed by atoms with Crippen LogP contribution in [0.1, 0.15) is 33.6 Å². The van der Waals surface area contributed by atoms with Crippen LogP contribution in [0.2, 0.25) is 0 Å². The van der Waals surface area contributed by atoms with Gasteiger partial charge in [-0.1, -0.05) is 12.1 Å². The van der Waals surface area contributed by atoms with E-state index >= 15 is 0 Å². The van der Waals surface area contributed by atoms with Gasteiger partial charge in [-0.25, -0.2) is 19.3 Å². The molecule has 0 spiro atoms. The summed E-state index contributed by atoms with van der Waals surface area (Å²) in [6, 6.07) is 9.81. The number of carbonyl (C=O) groups is 1. The van der Waals surface area contributed by atoms with Crippen molar-refractivity contribution in [2.24, 2.45) is 5.73 Å². The van der Waals surface area contributed by atoms with Gasteiger partial charge in [-0.2, -0.15) is 0 Å². The lowest BCUT2D eigenvalue weighted by atomic mass is 10.1. The number of aromatic nitrogens is 4. The Morgan fingerprint density at radius 1 is 1.25 bits per heavy atom. The number of pyridine rings is 1. The molecule has 0 bridgehead atoms. The molecule has 5 rings (SSSR count). The highest BCUT2D eigenvalue weighted by Gasteiger charge is 2.21. The van der Waals surface area contributed by atoms with Gasteiger partial charge in [0.05, 0.1) is 29.6 Å². The largest absolute Gasteiger partial charge is 0.377 e. The Morgan fingerprint density at radius 2 is 2.16 bits per heavy atom. The van der Waals surface area contributed by atoms with Crippen LogP contribution < -0.4 is 11.1 Å². The molecule has 32 heavy (non-hydrogen) atoms. The molecule has 0 atom stereocenters. The summed E-state index contributed by atoms with van der Waals surface area (Å²) in [5.41, 5.74) is 9.04. The van der Waals surface area contributed by atoms with Crippen molar-refractivity contribution in [3.63, 3.8) is 0 Å². The van der Waals surface area contributed by atoms with Crippen LogP contribution in [-0.4, -0.2) is 31.9 Å². The number of anilines is 1. The van der Waals surface area contributed by atoms with Crippen LogP contribution in [0.3, 0.4) is 0 Å². The number of hydrogen-bond donors (Lipinski definition) is 2. The average molecular weight is 432 g/mol. The van der Waals surface area contributed by atoms with E-state index in [9.17, 15) is 9.18 Å². The third-order valence-corrected chi connectivity index (χ3v) is 5.43. The van der Waals surface area contributed by atoms with Crippen LogP contribution >= 0.6 is 0 Å². The minimum absolute atomic E-state index is 0.288. The van der Waals surface area contributed by atoms with Gasteiger partial charge in [0, 0.05) is 24.9 Å². The topological polar surface area (TPSA) is 107 Å². The van der Waals surface area contributed by atoms with E-state index in [1.807, 2.05) is 6.07 Å². The molecular formula is C23H21FN6O2. The Morgan fingerprint density at radius 3 is 3.00 bits per heavy atom. The number of aryl methyl sites for hydroxylation is 1. The normalized spacial score (nSPS) is 13.5. The van der Waals surface area contributed by atoms with E-state index in [0.29, 0.717) is 48.3 Å². The highest BCUT2D eigenvalue weighted by atomic mass is 19.1. The van der Waals surface area contributed by atoms with Crippen molar-refractivity contribution in [2.75, 3.05) is 11.9 Å². The zero-order valence-electron chi connectivity index (χ0n) is 17.2. The van der Waals surface area contributed by atoms with Gasteiger partial charge in [-0.15, -0.1) is 0 Å². The van der Waals surface area contributed by atoms with E-state index in [4.69, 9.17) is 20.4 Å². The zero-order chi connectivity index (χ0) is 22.1. The zero-order valence-corrected chi connectivity index (χ0v) is 17.2. The van der Waals surface area contributed by atoms with Crippen LogP contribution in [0.4, 0.5) is 10.2 Å². The molecule has 0 aliphatic carbocycles. The summed E-state index contributed by atoms with van der Waals surface area (Å²) in [7, 11) is 0. The Kier molecular flexibility index (Phi) is 5.24. The van der Waals surface area contributed by atoms with Crippen LogP contribution in [0, 0.1) is 5.82 Å². The van der Waals surface area contributed by atoms with Gasteiger partial charge in [0.15, 0.2) is 11.6 Å². The van der Waals surface area contributed by atoms with Gasteiger partial charge >= 0.3 is 0 Å². The van der Waals surface area contributed by atoms with Crippen LogP contribution in [0.25, 0.3) is 17.2 Å². The maximum absolute atomic E-state index is 13.6. The smallest absolute Gasteiger partial charge is 0.250 e. The number of benzene rings is 1. The lowest BCUT2D eigenvalue weighted by molar-refractivity contribution is 0.100. The first-order valence-electron chi connectivity index (χ1n) is 10.3. The number of hydrogen-bond acceptors (Lipinski definition) is 6. The predicted octanol–water partition coefficient (Wildman–Crippen LogP) is 3.10. The summed E-state index contributed by atoms with van der Waals surface area (Å²) in [6.45, 7) is 1.44. The third-order valence-electron chi connectivity index (χ3n) is 5.43. The maximum atomic E-state index is 13.6. The van der Waals surface area contributed by atoms with Gasteiger partial charge in [0.1, 0.15) is 11.6 Å². The highest BCUT2D eigenvalue weighted by molar-refractivity contribution is 5.99. The summed E-state index contributed by atoms with van der Waals surface area (Å²) in [5, 5.41) is 3.32. The fourth-order valence-electron chi connectivity index (χ4n) is 3.88. The van der Waals surface area contributed by atoms with E-state index in [2.05, 4.69) is 10.3 Å². The lowest BCUT2D eigenvalue weighted by Crippen LogP contribution is -2.13. The van der Waals surface area contributed by atoms with Gasteiger partial charge in [-0.3, -0.25) is 9.20 Å². The van der Waals surface area contributed by atoms with Crippen LogP contribution in [0.15, 0.2) is 48.8 Å². The predicted molar refractivity (Wildman–Crippen MR) is 116 cm³/mol. The van der Waals surface area contributed by atoms with Crippen LogP contribution in [0.5, 0.6) is 0 Å². The first-order chi connectivity index (χ1) is 15.6. The summed E-state index contributed by atoms with van der Waals surface area (Å²) >= 11 is 0. The number of carbonyl (C=O) groups excluding carboxylic acids is 1. The summed E-state index contributed by atoms with van der Waals surface area (Å²) in [5.74, 6) is 0.737. The molecule has 0 radical (unpaired) electrons. The number of fused-ring (bicyclic) bond motifs is 2. The maximum Gasteiger partial charge on any atom is 0.250 e. The Labute approximate surface area is 183 Å². The molecular weight excluding hydrogens is 411 g/mol. The summed E-state index contributed by atoms with van der Waals surface area (Å²) in [6.07, 6.45) is 4.98. The van der Waals surface area contributed by atoms with Crippen molar-refractivity contribution in [3.8, 4) is 11.6 Å². The average Bonchev–Trinajstić information content (AvgIpc) is 3.08. The molecule has 4 heterocycles. The van der Waals surface area contributed by atoms with Crippen molar-refractivity contribution in [1.82, 2.24) is 19.4 Å². The SMILES string of the molecule is NC(=O)c1cccn2c(-c3nc4c(c(NCc5cccc(F)c5)n3)COCCC4)ncc12. The number of nitrogens with two attached hydrogens (primary N) is 1. The molecule has 8 nitrogen and oxygen atoms in total. The second-order valence-electron chi connectivity index (χ2n) is 7.58. The van der Waals surface area contributed by atoms with E-state index in [1.54, 1.807) is 35.0 Å². The molecule has 1 aliphatic rings. The number of imidazole rings is 1. The fraction of sp³-hybridized carbons (Fsp3) is 0.217. The number of halogens is 1. The molecule has 3 N–H and O–H groups in total. The molecule has 0 fully saturated rings. The number of nitrogens with zero attached hydrogens (tertiary/aromatic N) is 4. The molecule has 1 amide bonds. The molecule has 9 heteroatoms. The van der Waals surface area contributed by atoms with Crippen molar-refractivity contribution < 1.29 is 13.9 Å². The number of amides is 1. The van der Waals surface area contributed by atoms with Gasteiger partial charge in [-0.05, 0) is 42.7 Å². The highest BCUT2D eigenvalue weighted by Crippen LogP contribution is 2.27. The second-order valence-corrected chi connectivity index (χ2v) is 7.58. The van der Waals surface area contributed by atoms with Crippen molar-refractivity contribution in [2.45, 2.75) is 26.0 Å². The fourth-order valence-corrected chi connectivity index (χ4v) is 3.88. The van der Waals surface area contributed by atoms with E-state index in [1.165, 1.54) is 12.1 Å². The van der Waals surface area contributed by atoms with Crippen molar-refractivity contribution in [3.05, 3.63) is 77.0 Å². The minimum Gasteiger partial charge on any atom is -0.377 e. The van der Waals surface area contributed by atoms with E-state index < -0.39 is 5.91 Å². The number of ether oxygens (including phenoxy) is 1. The first-order valence-corrected chi connectivity index (χ1v) is 10.3. The Bertz CT molecular complexity index is 1320. The standard InChI is InChI=1S/C23H21FN6O2/c24-15-5-1-4-14(10-15)11-26-21-17-13-32-9-3-7-18(17)28-22(29-21)23-27-12-19-16(20(25)31)6-2-8-30(19)23/h1-2,4-6,8,10,12H,3,7,9,11,13H2,(H2,25,31)(H,26,28,29). The van der Waals surface area contributed by atoms with Gasteiger partial charge in [0.25, 0.3) is 5.91 Å². The van der Waals surface area contributed by atoms with Gasteiger partial charge < -0.3 is 15.8 Å². The van der Waals surface area contributed by atoms with Crippen molar-refractivity contribution in [1.29, 1.82) is 0 Å². The molecule has 4 aromatic rings. The molecule has 162 valence electrons. The monoisotopic (exact) mass is 432 g/mol. The summed E-state index contributed by atoms with van der Waals surface area (Å²) in [4.78, 5) is 25.8. The molecule has 0 saturated carbocycles. The molecule has 1 aromatic carbocycles. The Balaban J connectivity index is 1.58. The summed E-state index contributed by atoms with van der Waals surface area (Å²) < 4.78 is 21.1. The molecule has 0 saturated heterocycles. The first kappa shape index (κ1) is 20.1. The lowest BCUT2D eigenvalue weighted by Gasteiger charge is -2.14. The number of primary amides is 1. The van der Waals surface area contributed by atoms with Crippen LogP contribution in [-0.2, 0) is 24.3 Å². The van der Waals surface area contributed by atoms with E-state index in [0.717, 1.165) is 29.7 Å². The molecule has 0 unspecified atom stereocenters. The third kappa shape index (κ3) is 3.78. The quantitative estimate of drug-likeness (QED) is 0.502. The number of rotatable bonds is 5. The van der Waals surface area contributed by atoms with Crippen molar-refractivity contribution >= 4 is 17.2 Å². The van der Waals surface area contributed by atoms with E-state index in [-0.39, 0.29) is 5.82 Å². The number of nitrogens with one attached hydrogen (secondary N) is 1. The Hall–Kier alpha value is -3.85.